The van der Waals surface area contributed by atoms with E-state index in [2.05, 4.69) is 18.4 Å². The van der Waals surface area contributed by atoms with E-state index in [1.165, 1.54) is 0 Å². The van der Waals surface area contributed by atoms with E-state index in [1.54, 1.807) is 6.92 Å². The van der Waals surface area contributed by atoms with Crippen LogP contribution in [0.15, 0.2) is 12.2 Å². The van der Waals surface area contributed by atoms with Crippen LogP contribution in [0.3, 0.4) is 0 Å². The Morgan fingerprint density at radius 3 is 2.50 bits per heavy atom. The fourth-order valence-electron chi connectivity index (χ4n) is 1.12. The number of hydrogen-bond donors (Lipinski definition) is 0. The monoisotopic (exact) mass is 214 g/mol. The molecule has 0 bridgehead atoms. The van der Waals surface area contributed by atoms with Gasteiger partial charge >= 0.3 is 0 Å². The van der Waals surface area contributed by atoms with Crippen molar-refractivity contribution in [3.05, 3.63) is 12.2 Å². The summed E-state index contributed by atoms with van der Waals surface area (Å²) in [5.74, 6) is 5.58. The maximum absolute atomic E-state index is 11.5. The van der Waals surface area contributed by atoms with Crippen LogP contribution in [0, 0.1) is 11.8 Å². The third-order valence-corrected chi connectivity index (χ3v) is 3.45. The SMILES string of the molecule is C=C(C#CC)CS(=O)(=O)CCCCC. The summed E-state index contributed by atoms with van der Waals surface area (Å²) >= 11 is 0. The van der Waals surface area contributed by atoms with Crippen molar-refractivity contribution in [2.45, 2.75) is 33.1 Å². The van der Waals surface area contributed by atoms with Gasteiger partial charge < -0.3 is 0 Å². The Bertz CT molecular complexity index is 328. The molecule has 0 aromatic heterocycles. The van der Waals surface area contributed by atoms with Crippen molar-refractivity contribution in [3.63, 3.8) is 0 Å². The second-order valence-electron chi connectivity index (χ2n) is 3.28. The van der Waals surface area contributed by atoms with Crippen molar-refractivity contribution in [1.29, 1.82) is 0 Å². The van der Waals surface area contributed by atoms with Crippen LogP contribution in [0.4, 0.5) is 0 Å². The zero-order valence-corrected chi connectivity index (χ0v) is 9.78. The van der Waals surface area contributed by atoms with Crippen LogP contribution in [0.2, 0.25) is 0 Å². The molecule has 0 aliphatic heterocycles. The maximum Gasteiger partial charge on any atom is 0.155 e. The molecular formula is C11H18O2S. The zero-order chi connectivity index (χ0) is 11.0. The minimum absolute atomic E-state index is 0.0115. The summed E-state index contributed by atoms with van der Waals surface area (Å²) in [4.78, 5) is 0. The standard InChI is InChI=1S/C11H18O2S/c1-4-6-7-9-14(12,13)10-11(3)8-5-2/h3-4,6-7,9-10H2,1-2H3. The van der Waals surface area contributed by atoms with Crippen molar-refractivity contribution in [2.24, 2.45) is 0 Å². The molecular weight excluding hydrogens is 196 g/mol. The summed E-state index contributed by atoms with van der Waals surface area (Å²) in [5.41, 5.74) is 0.490. The van der Waals surface area contributed by atoms with Gasteiger partial charge in [0, 0.05) is 5.57 Å². The van der Waals surface area contributed by atoms with Crippen molar-refractivity contribution in [2.75, 3.05) is 11.5 Å². The van der Waals surface area contributed by atoms with Crippen LogP contribution >= 0.6 is 0 Å². The quantitative estimate of drug-likeness (QED) is 0.501. The summed E-state index contributed by atoms with van der Waals surface area (Å²) in [5, 5.41) is 0. The first kappa shape index (κ1) is 13.2. The molecule has 0 rings (SSSR count). The van der Waals surface area contributed by atoms with Gasteiger partial charge in [0.1, 0.15) is 0 Å². The van der Waals surface area contributed by atoms with Crippen molar-refractivity contribution in [3.8, 4) is 11.8 Å². The molecule has 0 aliphatic rings. The van der Waals surface area contributed by atoms with E-state index in [0.717, 1.165) is 19.3 Å². The second-order valence-corrected chi connectivity index (χ2v) is 5.46. The molecule has 0 saturated carbocycles. The Kier molecular flexibility index (Phi) is 6.31. The second kappa shape index (κ2) is 6.67. The topological polar surface area (TPSA) is 34.1 Å². The average molecular weight is 214 g/mol. The maximum atomic E-state index is 11.5. The molecule has 0 aliphatic carbocycles. The Hall–Kier alpha value is -0.750. The molecule has 0 aromatic carbocycles. The molecule has 80 valence electrons. The first-order valence-electron chi connectivity index (χ1n) is 4.82. The van der Waals surface area contributed by atoms with Crippen LogP contribution in [0.25, 0.3) is 0 Å². The normalized spacial score (nSPS) is 10.4. The molecule has 0 atom stereocenters. The van der Waals surface area contributed by atoms with Gasteiger partial charge in [-0.15, -0.1) is 5.92 Å². The van der Waals surface area contributed by atoms with Gasteiger partial charge in [0.2, 0.25) is 0 Å². The van der Waals surface area contributed by atoms with Gasteiger partial charge in [0.25, 0.3) is 0 Å². The molecule has 0 fully saturated rings. The molecule has 0 radical (unpaired) electrons. The van der Waals surface area contributed by atoms with Gasteiger partial charge in [-0.2, -0.15) is 0 Å². The number of rotatable bonds is 6. The van der Waals surface area contributed by atoms with E-state index in [9.17, 15) is 8.42 Å². The summed E-state index contributed by atoms with van der Waals surface area (Å²) in [6, 6.07) is 0. The van der Waals surface area contributed by atoms with Crippen molar-refractivity contribution < 1.29 is 8.42 Å². The summed E-state index contributed by atoms with van der Waals surface area (Å²) in [6.07, 6.45) is 2.74. The van der Waals surface area contributed by atoms with E-state index < -0.39 is 9.84 Å². The Balaban J connectivity index is 4.06. The molecule has 0 N–H and O–H groups in total. The molecule has 2 nitrogen and oxygen atoms in total. The first-order valence-corrected chi connectivity index (χ1v) is 6.65. The van der Waals surface area contributed by atoms with Gasteiger partial charge in [-0.3, -0.25) is 0 Å². The fourth-order valence-corrected chi connectivity index (χ4v) is 2.51. The lowest BCUT2D eigenvalue weighted by molar-refractivity contribution is 0.593. The Morgan fingerprint density at radius 1 is 1.36 bits per heavy atom. The molecule has 0 saturated heterocycles. The average Bonchev–Trinajstić information content (AvgIpc) is 2.03. The summed E-state index contributed by atoms with van der Waals surface area (Å²) in [6.45, 7) is 7.33. The van der Waals surface area contributed by atoms with Crippen LogP contribution in [0.5, 0.6) is 0 Å². The smallest absolute Gasteiger partial charge is 0.155 e. The van der Waals surface area contributed by atoms with E-state index in [1.807, 2.05) is 6.92 Å². The zero-order valence-electron chi connectivity index (χ0n) is 8.97. The van der Waals surface area contributed by atoms with Gasteiger partial charge in [-0.25, -0.2) is 8.42 Å². The van der Waals surface area contributed by atoms with Crippen LogP contribution < -0.4 is 0 Å². The summed E-state index contributed by atoms with van der Waals surface area (Å²) in [7, 11) is -2.98. The minimum atomic E-state index is -2.98. The Morgan fingerprint density at radius 2 is 2.00 bits per heavy atom. The molecule has 0 amide bonds. The molecule has 0 heterocycles. The van der Waals surface area contributed by atoms with Crippen LogP contribution in [0.1, 0.15) is 33.1 Å². The highest BCUT2D eigenvalue weighted by atomic mass is 32.2. The number of sulfone groups is 1. The number of unbranched alkanes of at least 4 members (excludes halogenated alkanes) is 2. The fraction of sp³-hybridized carbons (Fsp3) is 0.636. The molecule has 0 unspecified atom stereocenters. The highest BCUT2D eigenvalue weighted by Gasteiger charge is 2.10. The first-order chi connectivity index (χ1) is 6.52. The number of hydrogen-bond acceptors (Lipinski definition) is 2. The molecule has 14 heavy (non-hydrogen) atoms. The predicted octanol–water partition coefficient (Wildman–Crippen LogP) is 2.17. The van der Waals surface area contributed by atoms with Gasteiger partial charge in [-0.05, 0) is 13.3 Å². The molecule has 0 spiro atoms. The van der Waals surface area contributed by atoms with Gasteiger partial charge in [-0.1, -0.05) is 32.3 Å². The van der Waals surface area contributed by atoms with E-state index in [0.29, 0.717) is 5.57 Å². The highest BCUT2D eigenvalue weighted by molar-refractivity contribution is 7.91. The van der Waals surface area contributed by atoms with E-state index in [-0.39, 0.29) is 11.5 Å². The summed E-state index contributed by atoms with van der Waals surface area (Å²) < 4.78 is 22.9. The molecule has 0 aromatic rings. The lowest BCUT2D eigenvalue weighted by atomic mass is 10.3. The van der Waals surface area contributed by atoms with Crippen molar-refractivity contribution >= 4 is 9.84 Å². The minimum Gasteiger partial charge on any atom is -0.228 e. The predicted molar refractivity (Wildman–Crippen MR) is 60.8 cm³/mol. The lowest BCUT2D eigenvalue weighted by Gasteiger charge is -2.02. The largest absolute Gasteiger partial charge is 0.228 e. The van der Waals surface area contributed by atoms with E-state index >= 15 is 0 Å². The van der Waals surface area contributed by atoms with Gasteiger partial charge in [0.05, 0.1) is 11.5 Å². The third-order valence-electron chi connectivity index (χ3n) is 1.75. The highest BCUT2D eigenvalue weighted by Crippen LogP contribution is 2.03. The van der Waals surface area contributed by atoms with Crippen LogP contribution in [-0.2, 0) is 9.84 Å². The van der Waals surface area contributed by atoms with Crippen molar-refractivity contribution in [1.82, 2.24) is 0 Å². The molecule has 3 heteroatoms. The van der Waals surface area contributed by atoms with Gasteiger partial charge in [0.15, 0.2) is 9.84 Å². The Labute approximate surface area is 87.3 Å². The third kappa shape index (κ3) is 6.73. The van der Waals surface area contributed by atoms with Crippen LogP contribution in [-0.4, -0.2) is 19.9 Å². The lowest BCUT2D eigenvalue weighted by Crippen LogP contribution is -2.12. The van der Waals surface area contributed by atoms with E-state index in [4.69, 9.17) is 0 Å².